The summed E-state index contributed by atoms with van der Waals surface area (Å²) in [6.45, 7) is 6.62. The Bertz CT molecular complexity index is 752. The predicted molar refractivity (Wildman–Crippen MR) is 107 cm³/mol. The first-order chi connectivity index (χ1) is 12.7. The quantitative estimate of drug-likeness (QED) is 0.740. The van der Waals surface area contributed by atoms with E-state index in [0.29, 0.717) is 42.5 Å². The van der Waals surface area contributed by atoms with Crippen LogP contribution in [0.3, 0.4) is 0 Å². The van der Waals surface area contributed by atoms with Crippen LogP contribution in [0.5, 0.6) is 0 Å². The Morgan fingerprint density at radius 3 is 2.59 bits per heavy atom. The van der Waals surface area contributed by atoms with Gasteiger partial charge in [0.25, 0.3) is 0 Å². The number of amides is 1. The van der Waals surface area contributed by atoms with E-state index in [4.69, 9.17) is 16.1 Å². The van der Waals surface area contributed by atoms with E-state index in [0.717, 1.165) is 5.56 Å². The van der Waals surface area contributed by atoms with Crippen molar-refractivity contribution in [2.24, 2.45) is 0 Å². The van der Waals surface area contributed by atoms with Gasteiger partial charge in [0.2, 0.25) is 11.8 Å². The van der Waals surface area contributed by atoms with E-state index in [-0.39, 0.29) is 17.4 Å². The molecule has 6 nitrogen and oxygen atoms in total. The van der Waals surface area contributed by atoms with Gasteiger partial charge in [-0.05, 0) is 32.1 Å². The van der Waals surface area contributed by atoms with Crippen LogP contribution in [-0.4, -0.2) is 41.6 Å². The molecule has 1 aromatic heterocycles. The lowest BCUT2D eigenvalue weighted by Gasteiger charge is -2.26. The number of carbonyl (C=O) groups excluding carboxylic acids is 1. The Balaban J connectivity index is 1.81. The molecule has 0 bridgehead atoms. The molecule has 1 atom stereocenters. The smallest absolute Gasteiger partial charge is 0.226 e. The average molecular weight is 393 g/mol. The summed E-state index contributed by atoms with van der Waals surface area (Å²) < 4.78 is 5.26. The molecule has 2 rings (SSSR count). The predicted octanol–water partition coefficient (Wildman–Crippen LogP) is 3.76. The molecule has 0 spiro atoms. The van der Waals surface area contributed by atoms with Crippen LogP contribution in [-0.2, 0) is 16.6 Å². The van der Waals surface area contributed by atoms with Crippen molar-refractivity contribution >= 4 is 17.5 Å². The largest absolute Gasteiger partial charge is 0.354 e. The number of benzene rings is 1. The van der Waals surface area contributed by atoms with Crippen molar-refractivity contribution in [3.05, 3.63) is 46.6 Å². The second-order valence-electron chi connectivity index (χ2n) is 7.92. The summed E-state index contributed by atoms with van der Waals surface area (Å²) in [5.74, 6) is 1.27. The highest BCUT2D eigenvalue weighted by Crippen LogP contribution is 2.25. The minimum atomic E-state index is -0.140. The molecule has 0 fully saturated rings. The number of aromatic nitrogens is 2. The van der Waals surface area contributed by atoms with Crippen molar-refractivity contribution in [3.63, 3.8) is 0 Å². The lowest BCUT2D eigenvalue weighted by Crippen LogP contribution is -2.34. The summed E-state index contributed by atoms with van der Waals surface area (Å²) in [5.41, 5.74) is 0.865. The third-order valence-corrected chi connectivity index (χ3v) is 4.66. The SMILES string of the molecule is CN(C)C(CNC(=O)CCCc1nc(C(C)(C)C)no1)c1ccccc1Cl. The first-order valence-electron chi connectivity index (χ1n) is 9.19. The number of hydrogen-bond acceptors (Lipinski definition) is 5. The van der Waals surface area contributed by atoms with Crippen LogP contribution in [0.4, 0.5) is 0 Å². The van der Waals surface area contributed by atoms with Crippen LogP contribution in [0.25, 0.3) is 0 Å². The van der Waals surface area contributed by atoms with Gasteiger partial charge in [0.15, 0.2) is 5.82 Å². The van der Waals surface area contributed by atoms with Gasteiger partial charge < -0.3 is 14.7 Å². The standard InChI is InChI=1S/C20H29ClN4O2/c1-20(2,3)19-23-18(27-24-19)12-8-11-17(26)22-13-16(25(4)5)14-9-6-7-10-15(14)21/h6-7,9-10,16H,8,11-13H2,1-5H3,(H,22,26). The summed E-state index contributed by atoms with van der Waals surface area (Å²) in [5, 5.41) is 7.71. The monoisotopic (exact) mass is 392 g/mol. The molecule has 148 valence electrons. The fourth-order valence-electron chi connectivity index (χ4n) is 2.68. The molecule has 2 aromatic rings. The van der Waals surface area contributed by atoms with Crippen molar-refractivity contribution in [1.29, 1.82) is 0 Å². The van der Waals surface area contributed by atoms with E-state index in [1.54, 1.807) is 0 Å². The topological polar surface area (TPSA) is 71.3 Å². The summed E-state index contributed by atoms with van der Waals surface area (Å²) in [7, 11) is 3.95. The van der Waals surface area contributed by atoms with E-state index < -0.39 is 0 Å². The van der Waals surface area contributed by atoms with Crippen molar-refractivity contribution in [2.75, 3.05) is 20.6 Å². The molecule has 27 heavy (non-hydrogen) atoms. The van der Waals surface area contributed by atoms with Crippen LogP contribution in [0.1, 0.15) is 56.9 Å². The van der Waals surface area contributed by atoms with Crippen LogP contribution in [0.2, 0.25) is 5.02 Å². The van der Waals surface area contributed by atoms with Crippen molar-refractivity contribution in [3.8, 4) is 0 Å². The molecule has 1 amide bonds. The van der Waals surface area contributed by atoms with Gasteiger partial charge in [-0.1, -0.05) is 55.7 Å². The zero-order valence-electron chi connectivity index (χ0n) is 16.8. The molecule has 1 aromatic carbocycles. The summed E-state index contributed by atoms with van der Waals surface area (Å²) in [6, 6.07) is 7.73. The van der Waals surface area contributed by atoms with Crippen LogP contribution < -0.4 is 5.32 Å². The van der Waals surface area contributed by atoms with Crippen LogP contribution in [0.15, 0.2) is 28.8 Å². The minimum Gasteiger partial charge on any atom is -0.354 e. The van der Waals surface area contributed by atoms with Crippen molar-refractivity contribution in [2.45, 2.75) is 51.5 Å². The van der Waals surface area contributed by atoms with E-state index in [1.165, 1.54) is 0 Å². The summed E-state index contributed by atoms with van der Waals surface area (Å²) in [4.78, 5) is 18.7. The Morgan fingerprint density at radius 2 is 2.00 bits per heavy atom. The van der Waals surface area contributed by atoms with E-state index >= 15 is 0 Å². The number of aryl methyl sites for hydroxylation is 1. The molecule has 1 unspecified atom stereocenters. The van der Waals surface area contributed by atoms with Gasteiger partial charge in [-0.3, -0.25) is 4.79 Å². The fraction of sp³-hybridized carbons (Fsp3) is 0.550. The highest BCUT2D eigenvalue weighted by atomic mass is 35.5. The van der Waals surface area contributed by atoms with Crippen molar-refractivity contribution in [1.82, 2.24) is 20.4 Å². The first-order valence-corrected chi connectivity index (χ1v) is 9.57. The molecular formula is C20H29ClN4O2. The molecule has 1 N–H and O–H groups in total. The molecule has 0 aliphatic heterocycles. The highest BCUT2D eigenvalue weighted by molar-refractivity contribution is 6.31. The molecule has 7 heteroatoms. The second kappa shape index (κ2) is 9.33. The van der Waals surface area contributed by atoms with Gasteiger partial charge in [-0.15, -0.1) is 0 Å². The maximum atomic E-state index is 12.2. The van der Waals surface area contributed by atoms with Gasteiger partial charge in [0.1, 0.15) is 0 Å². The Kier molecular flexibility index (Phi) is 7.39. The molecule has 1 heterocycles. The second-order valence-corrected chi connectivity index (χ2v) is 8.33. The number of rotatable bonds is 8. The molecule has 0 radical (unpaired) electrons. The van der Waals surface area contributed by atoms with E-state index in [1.807, 2.05) is 64.0 Å². The maximum Gasteiger partial charge on any atom is 0.226 e. The minimum absolute atomic E-state index is 0.00413. The summed E-state index contributed by atoms with van der Waals surface area (Å²) in [6.07, 6.45) is 1.67. The van der Waals surface area contributed by atoms with E-state index in [2.05, 4.69) is 15.5 Å². The first kappa shape index (κ1) is 21.4. The lowest BCUT2D eigenvalue weighted by atomic mass is 9.96. The van der Waals surface area contributed by atoms with E-state index in [9.17, 15) is 4.79 Å². The molecule has 0 aliphatic carbocycles. The number of carbonyl (C=O) groups is 1. The normalized spacial score (nSPS) is 13.0. The third kappa shape index (κ3) is 6.33. The Labute approximate surface area is 166 Å². The fourth-order valence-corrected chi connectivity index (χ4v) is 2.94. The molecule has 0 aliphatic rings. The zero-order valence-corrected chi connectivity index (χ0v) is 17.5. The average Bonchev–Trinajstić information content (AvgIpc) is 3.05. The number of halogens is 1. The van der Waals surface area contributed by atoms with Crippen molar-refractivity contribution < 1.29 is 9.32 Å². The Morgan fingerprint density at radius 1 is 1.30 bits per heavy atom. The number of nitrogens with one attached hydrogen (secondary N) is 1. The molecule has 0 saturated heterocycles. The Hall–Kier alpha value is -1.92. The van der Waals surface area contributed by atoms with Gasteiger partial charge in [0, 0.05) is 29.8 Å². The number of hydrogen-bond donors (Lipinski definition) is 1. The maximum absolute atomic E-state index is 12.2. The number of nitrogens with zero attached hydrogens (tertiary/aromatic N) is 3. The number of likely N-dealkylation sites (N-methyl/N-ethyl adjacent to an activating group) is 1. The van der Waals surface area contributed by atoms with Crippen LogP contribution >= 0.6 is 11.6 Å². The third-order valence-electron chi connectivity index (χ3n) is 4.31. The highest BCUT2D eigenvalue weighted by Gasteiger charge is 2.21. The van der Waals surface area contributed by atoms with Gasteiger partial charge in [-0.25, -0.2) is 0 Å². The van der Waals surface area contributed by atoms with Gasteiger partial charge in [-0.2, -0.15) is 4.98 Å². The summed E-state index contributed by atoms with van der Waals surface area (Å²) >= 11 is 6.30. The van der Waals surface area contributed by atoms with Gasteiger partial charge >= 0.3 is 0 Å². The molecule has 0 saturated carbocycles. The van der Waals surface area contributed by atoms with Crippen LogP contribution in [0, 0.1) is 0 Å². The van der Waals surface area contributed by atoms with Gasteiger partial charge in [0.05, 0.1) is 6.04 Å². The lowest BCUT2D eigenvalue weighted by molar-refractivity contribution is -0.121. The molecular weight excluding hydrogens is 364 g/mol. The zero-order chi connectivity index (χ0) is 20.0.